The van der Waals surface area contributed by atoms with Crippen molar-refractivity contribution in [2.24, 2.45) is 5.92 Å². The van der Waals surface area contributed by atoms with Crippen molar-refractivity contribution in [3.63, 3.8) is 0 Å². The topological polar surface area (TPSA) is 73.6 Å². The first kappa shape index (κ1) is 13.1. The molecule has 0 unspecified atom stereocenters. The summed E-state index contributed by atoms with van der Waals surface area (Å²) in [6.45, 7) is 3.78. The summed E-state index contributed by atoms with van der Waals surface area (Å²) in [5.41, 5.74) is 6.68. The van der Waals surface area contributed by atoms with E-state index in [2.05, 4.69) is 26.6 Å². The van der Waals surface area contributed by atoms with Crippen molar-refractivity contribution in [2.75, 3.05) is 5.32 Å². The number of rotatable bonds is 2. The van der Waals surface area contributed by atoms with Crippen LogP contribution in [-0.4, -0.2) is 21.1 Å². The summed E-state index contributed by atoms with van der Waals surface area (Å²) < 4.78 is 0. The monoisotopic (exact) mass is 294 g/mol. The van der Waals surface area contributed by atoms with E-state index in [1.807, 2.05) is 32.2 Å². The van der Waals surface area contributed by atoms with Crippen molar-refractivity contribution in [1.82, 2.24) is 15.2 Å². The molecule has 0 bridgehead atoms. The Morgan fingerprint density at radius 3 is 2.95 bits per heavy atom. The second kappa shape index (κ2) is 4.73. The van der Waals surface area contributed by atoms with Crippen molar-refractivity contribution in [2.45, 2.75) is 26.7 Å². The molecule has 0 aliphatic heterocycles. The molecule has 0 spiro atoms. The molecular formula is C17H18N4O. The van der Waals surface area contributed by atoms with Crippen LogP contribution in [0.1, 0.15) is 25.0 Å². The predicted octanol–water partition coefficient (Wildman–Crippen LogP) is 3.25. The Kier molecular flexibility index (Phi) is 2.82. The van der Waals surface area contributed by atoms with Crippen molar-refractivity contribution < 1.29 is 4.79 Å². The zero-order valence-electron chi connectivity index (χ0n) is 12.7. The molecule has 2 aromatic heterocycles. The first-order valence-corrected chi connectivity index (χ1v) is 7.61. The summed E-state index contributed by atoms with van der Waals surface area (Å²) in [6.07, 6.45) is 3.93. The third-order valence-electron chi connectivity index (χ3n) is 4.31. The van der Waals surface area contributed by atoms with Gasteiger partial charge < -0.3 is 10.3 Å². The Balaban J connectivity index is 1.78. The Bertz CT molecular complexity index is 872. The first-order valence-electron chi connectivity index (χ1n) is 7.61. The van der Waals surface area contributed by atoms with E-state index in [1.54, 1.807) is 0 Å². The van der Waals surface area contributed by atoms with E-state index in [0.29, 0.717) is 0 Å². The summed E-state index contributed by atoms with van der Waals surface area (Å²) in [6, 6.07) is 6.06. The number of hydrogen-bond acceptors (Lipinski definition) is 2. The fourth-order valence-electron chi connectivity index (χ4n) is 3.07. The number of benzene rings is 1. The van der Waals surface area contributed by atoms with E-state index in [4.69, 9.17) is 0 Å². The van der Waals surface area contributed by atoms with Gasteiger partial charge in [0.15, 0.2) is 0 Å². The Morgan fingerprint density at radius 1 is 1.27 bits per heavy atom. The first-order chi connectivity index (χ1) is 10.6. The highest BCUT2D eigenvalue weighted by atomic mass is 16.1. The number of carbonyl (C=O) groups is 1. The van der Waals surface area contributed by atoms with Crippen LogP contribution in [0.4, 0.5) is 5.69 Å². The normalized spacial score (nSPS) is 13.2. The molecule has 0 fully saturated rings. The van der Waals surface area contributed by atoms with Crippen LogP contribution < -0.4 is 5.32 Å². The van der Waals surface area contributed by atoms with E-state index in [9.17, 15) is 4.79 Å². The Labute approximate surface area is 128 Å². The Morgan fingerprint density at radius 2 is 2.14 bits per heavy atom. The van der Waals surface area contributed by atoms with Crippen molar-refractivity contribution in [1.29, 1.82) is 0 Å². The number of hydrogen-bond donors (Lipinski definition) is 3. The maximum Gasteiger partial charge on any atom is 0.226 e. The highest BCUT2D eigenvalue weighted by molar-refractivity contribution is 5.97. The van der Waals surface area contributed by atoms with Gasteiger partial charge in [-0.2, -0.15) is 5.10 Å². The molecule has 22 heavy (non-hydrogen) atoms. The predicted molar refractivity (Wildman–Crippen MR) is 86.8 cm³/mol. The second-order valence-electron chi connectivity index (χ2n) is 6.15. The number of aromatic nitrogens is 3. The standard InChI is InChI=1S/C17H18N4O/c1-9(2)17(22)19-11-4-6-12-13-5-3-10-8-18-21-15(10)16(13)20-14(12)7-11/h4,6-9,20H,3,5H2,1-2H3,(H,18,21)(H,19,22). The minimum atomic E-state index is -0.0277. The summed E-state index contributed by atoms with van der Waals surface area (Å²) in [4.78, 5) is 15.3. The molecule has 5 heteroatoms. The van der Waals surface area contributed by atoms with Crippen LogP contribution in [0, 0.1) is 5.92 Å². The summed E-state index contributed by atoms with van der Waals surface area (Å²) in [5.74, 6) is 0.00613. The van der Waals surface area contributed by atoms with Gasteiger partial charge in [-0.3, -0.25) is 9.89 Å². The van der Waals surface area contributed by atoms with E-state index in [0.717, 1.165) is 35.4 Å². The second-order valence-corrected chi connectivity index (χ2v) is 6.15. The molecular weight excluding hydrogens is 276 g/mol. The van der Waals surface area contributed by atoms with Crippen LogP contribution in [0.15, 0.2) is 24.4 Å². The fourth-order valence-corrected chi connectivity index (χ4v) is 3.07. The molecule has 0 radical (unpaired) electrons. The largest absolute Gasteiger partial charge is 0.353 e. The minimum Gasteiger partial charge on any atom is -0.353 e. The van der Waals surface area contributed by atoms with Gasteiger partial charge in [0.2, 0.25) is 5.91 Å². The zero-order chi connectivity index (χ0) is 15.3. The van der Waals surface area contributed by atoms with Gasteiger partial charge >= 0.3 is 0 Å². The molecule has 3 N–H and O–H groups in total. The van der Waals surface area contributed by atoms with E-state index >= 15 is 0 Å². The van der Waals surface area contributed by atoms with Crippen molar-refractivity contribution in [3.05, 3.63) is 35.5 Å². The van der Waals surface area contributed by atoms with Gasteiger partial charge in [0, 0.05) is 22.5 Å². The van der Waals surface area contributed by atoms with Gasteiger partial charge in [-0.1, -0.05) is 19.9 Å². The van der Waals surface area contributed by atoms with Crippen molar-refractivity contribution in [3.8, 4) is 11.4 Å². The van der Waals surface area contributed by atoms with Gasteiger partial charge in [-0.25, -0.2) is 0 Å². The number of aryl methyl sites for hydroxylation is 2. The average molecular weight is 294 g/mol. The number of aromatic amines is 2. The van der Waals surface area contributed by atoms with Gasteiger partial charge in [0.25, 0.3) is 0 Å². The molecule has 1 aromatic carbocycles. The van der Waals surface area contributed by atoms with Gasteiger partial charge in [0.1, 0.15) is 0 Å². The van der Waals surface area contributed by atoms with Crippen LogP contribution in [0.3, 0.4) is 0 Å². The van der Waals surface area contributed by atoms with Crippen LogP contribution >= 0.6 is 0 Å². The van der Waals surface area contributed by atoms with E-state index < -0.39 is 0 Å². The lowest BCUT2D eigenvalue weighted by atomic mass is 9.94. The number of anilines is 1. The molecule has 0 saturated heterocycles. The molecule has 0 saturated carbocycles. The van der Waals surface area contributed by atoms with Crippen LogP contribution in [0.25, 0.3) is 22.3 Å². The van der Waals surface area contributed by atoms with Gasteiger partial charge in [0.05, 0.1) is 17.6 Å². The van der Waals surface area contributed by atoms with Crippen LogP contribution in [0.5, 0.6) is 0 Å². The number of nitrogens with one attached hydrogen (secondary N) is 3. The number of H-pyrrole nitrogens is 2. The highest BCUT2D eigenvalue weighted by Gasteiger charge is 2.22. The molecule has 1 aliphatic rings. The molecule has 0 atom stereocenters. The number of carbonyl (C=O) groups excluding carboxylic acids is 1. The number of amides is 1. The summed E-state index contributed by atoms with van der Waals surface area (Å²) >= 11 is 0. The lowest BCUT2D eigenvalue weighted by Crippen LogP contribution is -2.17. The van der Waals surface area contributed by atoms with Crippen LogP contribution in [0.2, 0.25) is 0 Å². The molecule has 112 valence electrons. The minimum absolute atomic E-state index is 0.0277. The van der Waals surface area contributed by atoms with E-state index in [-0.39, 0.29) is 11.8 Å². The average Bonchev–Trinajstić information content (AvgIpc) is 3.09. The number of nitrogens with zero attached hydrogens (tertiary/aromatic N) is 1. The van der Waals surface area contributed by atoms with Gasteiger partial charge in [-0.05, 0) is 36.1 Å². The fraction of sp³-hybridized carbons (Fsp3) is 0.294. The van der Waals surface area contributed by atoms with Crippen LogP contribution in [-0.2, 0) is 17.6 Å². The smallest absolute Gasteiger partial charge is 0.226 e. The maximum atomic E-state index is 11.8. The lowest BCUT2D eigenvalue weighted by molar-refractivity contribution is -0.118. The van der Waals surface area contributed by atoms with Crippen molar-refractivity contribution >= 4 is 22.5 Å². The molecule has 1 amide bonds. The quantitative estimate of drug-likeness (QED) is 0.678. The molecule has 4 rings (SSSR count). The molecule has 3 aromatic rings. The number of fused-ring (bicyclic) bond motifs is 5. The van der Waals surface area contributed by atoms with E-state index in [1.165, 1.54) is 16.5 Å². The molecule has 1 aliphatic carbocycles. The van der Waals surface area contributed by atoms with Gasteiger partial charge in [-0.15, -0.1) is 0 Å². The third-order valence-corrected chi connectivity index (χ3v) is 4.31. The summed E-state index contributed by atoms with van der Waals surface area (Å²) in [5, 5.41) is 11.4. The SMILES string of the molecule is CC(C)C(=O)Nc1ccc2c3c([nH]c2c1)-c1[nH]ncc1CC3. The third kappa shape index (κ3) is 1.93. The zero-order valence-corrected chi connectivity index (χ0v) is 12.7. The lowest BCUT2D eigenvalue weighted by Gasteiger charge is -2.11. The molecule has 2 heterocycles. The summed E-state index contributed by atoms with van der Waals surface area (Å²) in [7, 11) is 0. The molecule has 5 nitrogen and oxygen atoms in total. The maximum absolute atomic E-state index is 11.8. The highest BCUT2D eigenvalue weighted by Crippen LogP contribution is 2.36. The Hall–Kier alpha value is -2.56.